The van der Waals surface area contributed by atoms with Crippen LogP contribution in [-0.4, -0.2) is 53.2 Å². The van der Waals surface area contributed by atoms with Gasteiger partial charge in [-0.1, -0.05) is 24.3 Å². The van der Waals surface area contributed by atoms with Gasteiger partial charge in [0.25, 0.3) is 5.91 Å². The third-order valence-electron chi connectivity index (χ3n) is 5.60. The van der Waals surface area contributed by atoms with Crippen molar-refractivity contribution in [2.24, 2.45) is 0 Å². The summed E-state index contributed by atoms with van der Waals surface area (Å²) in [4.78, 5) is 20.0. The van der Waals surface area contributed by atoms with Crippen LogP contribution in [0.25, 0.3) is 22.3 Å². The fraction of sp³-hybridized carbons (Fsp3) is 0.269. The molecule has 1 amide bonds. The molecule has 7 nitrogen and oxygen atoms in total. The smallest absolute Gasteiger partial charge is 0.252 e. The number of hydrogen-bond acceptors (Lipinski definition) is 5. The van der Waals surface area contributed by atoms with Crippen LogP contribution in [0.3, 0.4) is 0 Å². The Hall–Kier alpha value is -3.71. The van der Waals surface area contributed by atoms with Gasteiger partial charge in [0.15, 0.2) is 0 Å². The van der Waals surface area contributed by atoms with E-state index in [9.17, 15) is 4.79 Å². The van der Waals surface area contributed by atoms with E-state index in [1.54, 1.807) is 6.20 Å². The number of likely N-dealkylation sites (N-methyl/N-ethyl adjacent to an activating group) is 1. The summed E-state index contributed by atoms with van der Waals surface area (Å²) in [6.45, 7) is 5.29. The zero-order valence-corrected chi connectivity index (χ0v) is 19.4. The van der Waals surface area contributed by atoms with E-state index in [1.807, 2.05) is 82.5 Å². The normalized spacial score (nSPS) is 12.2. The molecule has 2 heterocycles. The number of hydrogen-bond donors (Lipinski definition) is 2. The molecular formula is C26H29N5O2. The first kappa shape index (κ1) is 22.5. The highest BCUT2D eigenvalue weighted by Gasteiger charge is 2.18. The van der Waals surface area contributed by atoms with E-state index in [-0.39, 0.29) is 11.9 Å². The van der Waals surface area contributed by atoms with E-state index < -0.39 is 0 Å². The first-order valence-corrected chi connectivity index (χ1v) is 11.0. The van der Waals surface area contributed by atoms with E-state index in [0.29, 0.717) is 17.9 Å². The van der Waals surface area contributed by atoms with Gasteiger partial charge in [-0.15, -0.1) is 0 Å². The number of nitrogens with zero attached hydrogens (tertiary/aromatic N) is 3. The van der Waals surface area contributed by atoms with Gasteiger partial charge in [0, 0.05) is 23.7 Å². The van der Waals surface area contributed by atoms with Crippen LogP contribution in [0.1, 0.15) is 34.5 Å². The molecule has 2 aromatic heterocycles. The van der Waals surface area contributed by atoms with Crippen molar-refractivity contribution < 1.29 is 9.53 Å². The summed E-state index contributed by atoms with van der Waals surface area (Å²) < 4.78 is 5.83. The summed E-state index contributed by atoms with van der Waals surface area (Å²) in [6, 6.07) is 17.2. The number of fused-ring (bicyclic) bond motifs is 1. The first-order valence-electron chi connectivity index (χ1n) is 11.0. The average Bonchev–Trinajstić information content (AvgIpc) is 3.34. The molecule has 0 radical (unpaired) electrons. The Labute approximate surface area is 193 Å². The van der Waals surface area contributed by atoms with Crippen LogP contribution < -0.4 is 10.1 Å². The predicted molar refractivity (Wildman–Crippen MR) is 130 cm³/mol. The Morgan fingerprint density at radius 3 is 2.73 bits per heavy atom. The molecule has 0 saturated heterocycles. The first-order chi connectivity index (χ1) is 15.9. The molecule has 0 saturated carbocycles. The SMILES string of the molecule is Cc1ccc(OCCN(C)C)cc1C(=O)N[C@H](C)c1cc(-c2ccn[nH]2)nc2ccccc12. The van der Waals surface area contributed by atoms with E-state index in [4.69, 9.17) is 9.72 Å². The van der Waals surface area contributed by atoms with Crippen LogP contribution in [0.4, 0.5) is 0 Å². The van der Waals surface area contributed by atoms with Crippen LogP contribution >= 0.6 is 0 Å². The summed E-state index contributed by atoms with van der Waals surface area (Å²) >= 11 is 0. The molecule has 0 unspecified atom stereocenters. The number of ether oxygens (including phenoxy) is 1. The summed E-state index contributed by atoms with van der Waals surface area (Å²) in [7, 11) is 4.00. The summed E-state index contributed by atoms with van der Waals surface area (Å²) in [6.07, 6.45) is 1.70. The van der Waals surface area contributed by atoms with Gasteiger partial charge >= 0.3 is 0 Å². The van der Waals surface area contributed by atoms with Crippen molar-refractivity contribution >= 4 is 16.8 Å². The standard InChI is InChI=1S/C26H29N5O2/c1-17-9-10-19(33-14-13-31(3)4)15-21(17)26(32)28-18(2)22-16-25(24-11-12-27-30-24)29-23-8-6-5-7-20(22)23/h5-12,15-16,18H,13-14H2,1-4H3,(H,27,30)(H,28,32)/t18-/m1/s1. The van der Waals surface area contributed by atoms with Gasteiger partial charge in [0.05, 0.1) is 22.9 Å². The van der Waals surface area contributed by atoms with Crippen molar-refractivity contribution in [3.05, 3.63) is 77.5 Å². The van der Waals surface area contributed by atoms with Gasteiger partial charge < -0.3 is 15.0 Å². The number of aromatic amines is 1. The van der Waals surface area contributed by atoms with Crippen LogP contribution in [0.2, 0.25) is 0 Å². The highest BCUT2D eigenvalue weighted by Crippen LogP contribution is 2.28. The predicted octanol–water partition coefficient (Wildman–Crippen LogP) is 4.36. The largest absolute Gasteiger partial charge is 0.492 e. The molecule has 0 bridgehead atoms. The van der Waals surface area contributed by atoms with Gasteiger partial charge in [-0.05, 0) is 69.4 Å². The molecule has 0 aliphatic rings. The monoisotopic (exact) mass is 443 g/mol. The number of para-hydroxylation sites is 1. The molecule has 1 atom stereocenters. The minimum atomic E-state index is -0.232. The Morgan fingerprint density at radius 2 is 1.97 bits per heavy atom. The zero-order valence-electron chi connectivity index (χ0n) is 19.4. The zero-order chi connectivity index (χ0) is 23.4. The van der Waals surface area contributed by atoms with Crippen molar-refractivity contribution in [2.75, 3.05) is 27.2 Å². The van der Waals surface area contributed by atoms with Gasteiger partial charge in [-0.25, -0.2) is 4.98 Å². The van der Waals surface area contributed by atoms with Gasteiger partial charge in [-0.3, -0.25) is 9.89 Å². The van der Waals surface area contributed by atoms with Crippen molar-refractivity contribution in [2.45, 2.75) is 19.9 Å². The number of benzene rings is 2. The Balaban J connectivity index is 1.60. The summed E-state index contributed by atoms with van der Waals surface area (Å²) in [5.74, 6) is 0.554. The Morgan fingerprint density at radius 1 is 1.15 bits per heavy atom. The molecule has 0 spiro atoms. The number of carbonyl (C=O) groups is 1. The molecule has 2 N–H and O–H groups in total. The number of rotatable bonds is 8. The van der Waals surface area contributed by atoms with Crippen LogP contribution in [-0.2, 0) is 0 Å². The third kappa shape index (κ3) is 5.21. The molecule has 33 heavy (non-hydrogen) atoms. The maximum absolute atomic E-state index is 13.2. The number of pyridine rings is 1. The molecule has 4 rings (SSSR count). The van der Waals surface area contributed by atoms with E-state index in [2.05, 4.69) is 20.4 Å². The minimum Gasteiger partial charge on any atom is -0.492 e. The second-order valence-electron chi connectivity index (χ2n) is 8.41. The van der Waals surface area contributed by atoms with E-state index >= 15 is 0 Å². The van der Waals surface area contributed by atoms with Crippen LogP contribution in [0.15, 0.2) is 60.8 Å². The van der Waals surface area contributed by atoms with E-state index in [0.717, 1.165) is 40.0 Å². The minimum absolute atomic E-state index is 0.137. The van der Waals surface area contributed by atoms with Crippen LogP contribution in [0.5, 0.6) is 5.75 Å². The van der Waals surface area contributed by atoms with Gasteiger partial charge in [0.2, 0.25) is 0 Å². The molecule has 7 heteroatoms. The van der Waals surface area contributed by atoms with E-state index in [1.165, 1.54) is 0 Å². The second kappa shape index (κ2) is 9.83. The second-order valence-corrected chi connectivity index (χ2v) is 8.41. The fourth-order valence-electron chi connectivity index (χ4n) is 3.73. The number of carbonyl (C=O) groups excluding carboxylic acids is 1. The molecule has 2 aromatic carbocycles. The number of aryl methyl sites for hydroxylation is 1. The lowest BCUT2D eigenvalue weighted by Gasteiger charge is -2.19. The number of H-pyrrole nitrogens is 1. The quantitative estimate of drug-likeness (QED) is 0.423. The third-order valence-corrected chi connectivity index (χ3v) is 5.60. The molecule has 0 fully saturated rings. The van der Waals surface area contributed by atoms with Crippen LogP contribution in [0, 0.1) is 6.92 Å². The summed E-state index contributed by atoms with van der Waals surface area (Å²) in [5.41, 5.74) is 4.99. The molecule has 4 aromatic rings. The Bertz CT molecular complexity index is 1250. The van der Waals surface area contributed by atoms with Crippen molar-refractivity contribution in [1.29, 1.82) is 0 Å². The van der Waals surface area contributed by atoms with Crippen molar-refractivity contribution in [3.8, 4) is 17.1 Å². The van der Waals surface area contributed by atoms with Gasteiger partial charge in [-0.2, -0.15) is 5.10 Å². The fourth-order valence-corrected chi connectivity index (χ4v) is 3.73. The maximum atomic E-state index is 13.2. The molecule has 170 valence electrons. The van der Waals surface area contributed by atoms with Crippen molar-refractivity contribution in [1.82, 2.24) is 25.4 Å². The summed E-state index contributed by atoms with van der Waals surface area (Å²) in [5, 5.41) is 11.2. The number of nitrogens with one attached hydrogen (secondary N) is 2. The highest BCUT2D eigenvalue weighted by atomic mass is 16.5. The van der Waals surface area contributed by atoms with Crippen molar-refractivity contribution in [3.63, 3.8) is 0 Å². The lowest BCUT2D eigenvalue weighted by Crippen LogP contribution is -2.27. The lowest BCUT2D eigenvalue weighted by molar-refractivity contribution is 0.0939. The van der Waals surface area contributed by atoms with Gasteiger partial charge in [0.1, 0.15) is 12.4 Å². The number of aromatic nitrogens is 3. The highest BCUT2D eigenvalue weighted by molar-refractivity contribution is 5.96. The topological polar surface area (TPSA) is 83.1 Å². The molecule has 0 aliphatic heterocycles. The molecule has 0 aliphatic carbocycles. The lowest BCUT2D eigenvalue weighted by atomic mass is 10.00. The average molecular weight is 444 g/mol. The molecular weight excluding hydrogens is 414 g/mol. The number of amides is 1. The Kier molecular flexibility index (Phi) is 6.70. The maximum Gasteiger partial charge on any atom is 0.252 e.